The van der Waals surface area contributed by atoms with Crippen molar-refractivity contribution in [3.63, 3.8) is 0 Å². The van der Waals surface area contributed by atoms with Gasteiger partial charge in [-0.3, -0.25) is 4.79 Å². The van der Waals surface area contributed by atoms with Crippen molar-refractivity contribution in [3.8, 4) is 0 Å². The molecular formula is C13H26O4. The lowest BCUT2D eigenvalue weighted by Gasteiger charge is -2.34. The summed E-state index contributed by atoms with van der Waals surface area (Å²) in [5, 5.41) is 9.95. The van der Waals surface area contributed by atoms with Crippen LogP contribution >= 0.6 is 0 Å². The van der Waals surface area contributed by atoms with Crippen molar-refractivity contribution in [2.75, 3.05) is 14.2 Å². The van der Waals surface area contributed by atoms with Crippen LogP contribution < -0.4 is 0 Å². The number of aliphatic hydroxyl groups is 1. The minimum absolute atomic E-state index is 0.0487. The molecule has 0 aromatic rings. The second kappa shape index (κ2) is 6.47. The summed E-state index contributed by atoms with van der Waals surface area (Å²) in [6, 6.07) is 0. The van der Waals surface area contributed by atoms with Crippen LogP contribution in [0.2, 0.25) is 0 Å². The number of rotatable bonds is 7. The van der Waals surface area contributed by atoms with Gasteiger partial charge in [-0.2, -0.15) is 0 Å². The standard InChI is InChI=1S/C13H26O4/c1-8(2)10(14)9(3)11(15)13(4,5)12(16-6)17-7/h8-10,12,14H,1-7H3. The molecule has 0 heterocycles. The molecular weight excluding hydrogens is 220 g/mol. The number of carbonyl (C=O) groups excluding carboxylic acids is 1. The predicted molar refractivity (Wildman–Crippen MR) is 66.6 cm³/mol. The van der Waals surface area contributed by atoms with Gasteiger partial charge in [0.2, 0.25) is 0 Å². The number of ketones is 1. The number of hydrogen-bond acceptors (Lipinski definition) is 4. The molecule has 0 aromatic heterocycles. The molecule has 17 heavy (non-hydrogen) atoms. The lowest BCUT2D eigenvalue weighted by Crippen LogP contribution is -2.45. The predicted octanol–water partition coefficient (Wildman–Crippen LogP) is 1.85. The fraction of sp³-hybridized carbons (Fsp3) is 0.923. The fourth-order valence-corrected chi connectivity index (χ4v) is 2.12. The lowest BCUT2D eigenvalue weighted by molar-refractivity contribution is -0.182. The average Bonchev–Trinajstić information content (AvgIpc) is 2.27. The van der Waals surface area contributed by atoms with Gasteiger partial charge in [0.1, 0.15) is 5.78 Å². The van der Waals surface area contributed by atoms with E-state index in [4.69, 9.17) is 9.47 Å². The first-order chi connectivity index (χ1) is 7.69. The Morgan fingerprint density at radius 1 is 1.12 bits per heavy atom. The highest BCUT2D eigenvalue weighted by molar-refractivity contribution is 5.87. The quantitative estimate of drug-likeness (QED) is 0.697. The third-order valence-electron chi connectivity index (χ3n) is 3.26. The molecule has 0 bridgehead atoms. The van der Waals surface area contributed by atoms with E-state index in [2.05, 4.69) is 0 Å². The van der Waals surface area contributed by atoms with E-state index < -0.39 is 23.7 Å². The van der Waals surface area contributed by atoms with Gasteiger partial charge in [0.05, 0.1) is 11.5 Å². The van der Waals surface area contributed by atoms with Crippen LogP contribution in [0.25, 0.3) is 0 Å². The minimum atomic E-state index is -0.779. The molecule has 4 nitrogen and oxygen atoms in total. The van der Waals surface area contributed by atoms with Crippen molar-refractivity contribution in [3.05, 3.63) is 0 Å². The lowest BCUT2D eigenvalue weighted by atomic mass is 9.77. The highest BCUT2D eigenvalue weighted by atomic mass is 16.7. The van der Waals surface area contributed by atoms with E-state index in [0.29, 0.717) is 0 Å². The molecule has 0 aliphatic rings. The zero-order valence-corrected chi connectivity index (χ0v) is 12.0. The van der Waals surface area contributed by atoms with E-state index >= 15 is 0 Å². The normalized spacial score (nSPS) is 16.4. The van der Waals surface area contributed by atoms with E-state index in [-0.39, 0.29) is 11.7 Å². The number of Topliss-reactive ketones (excluding diaryl/α,β-unsaturated/α-hetero) is 1. The molecule has 0 saturated carbocycles. The molecule has 0 aliphatic heterocycles. The van der Waals surface area contributed by atoms with Crippen molar-refractivity contribution in [1.29, 1.82) is 0 Å². The first-order valence-corrected chi connectivity index (χ1v) is 5.98. The molecule has 0 aliphatic carbocycles. The molecule has 0 saturated heterocycles. The Bertz CT molecular complexity index is 244. The monoisotopic (exact) mass is 246 g/mol. The van der Waals surface area contributed by atoms with Crippen molar-refractivity contribution < 1.29 is 19.4 Å². The zero-order chi connectivity index (χ0) is 13.8. The third-order valence-corrected chi connectivity index (χ3v) is 3.26. The molecule has 0 spiro atoms. The Morgan fingerprint density at radius 3 is 1.82 bits per heavy atom. The van der Waals surface area contributed by atoms with Gasteiger partial charge in [0.15, 0.2) is 6.29 Å². The highest BCUT2D eigenvalue weighted by Gasteiger charge is 2.42. The summed E-state index contributed by atoms with van der Waals surface area (Å²) in [4.78, 5) is 12.3. The molecule has 0 radical (unpaired) electrons. The SMILES string of the molecule is COC(OC)C(C)(C)C(=O)C(C)C(O)C(C)C. The Labute approximate surface area is 104 Å². The van der Waals surface area contributed by atoms with Gasteiger partial charge in [0.25, 0.3) is 0 Å². The topological polar surface area (TPSA) is 55.8 Å². The van der Waals surface area contributed by atoms with Crippen LogP contribution in [-0.4, -0.2) is 37.5 Å². The number of aliphatic hydroxyl groups excluding tert-OH is 1. The van der Waals surface area contributed by atoms with Gasteiger partial charge in [-0.25, -0.2) is 0 Å². The van der Waals surface area contributed by atoms with Crippen molar-refractivity contribution in [1.82, 2.24) is 0 Å². The van der Waals surface area contributed by atoms with Gasteiger partial charge >= 0.3 is 0 Å². The van der Waals surface area contributed by atoms with Crippen molar-refractivity contribution in [2.45, 2.75) is 47.0 Å². The molecule has 102 valence electrons. The molecule has 1 N–H and O–H groups in total. The van der Waals surface area contributed by atoms with Crippen LogP contribution in [0.4, 0.5) is 0 Å². The van der Waals surface area contributed by atoms with E-state index in [1.54, 1.807) is 20.8 Å². The number of ether oxygens (including phenoxy) is 2. The minimum Gasteiger partial charge on any atom is -0.392 e. The fourth-order valence-electron chi connectivity index (χ4n) is 2.12. The van der Waals surface area contributed by atoms with E-state index in [1.165, 1.54) is 14.2 Å². The average molecular weight is 246 g/mol. The maximum Gasteiger partial charge on any atom is 0.168 e. The Hall–Kier alpha value is -0.450. The second-order valence-corrected chi connectivity index (χ2v) is 5.41. The Kier molecular flexibility index (Phi) is 6.30. The van der Waals surface area contributed by atoms with Crippen LogP contribution in [0.15, 0.2) is 0 Å². The summed E-state index contributed by atoms with van der Waals surface area (Å²) in [6.07, 6.45) is -1.24. The maximum absolute atomic E-state index is 12.3. The molecule has 0 rings (SSSR count). The van der Waals surface area contributed by atoms with Gasteiger partial charge in [0, 0.05) is 20.1 Å². The summed E-state index contributed by atoms with van der Waals surface area (Å²) >= 11 is 0. The molecule has 0 amide bonds. The Balaban J connectivity index is 4.89. The molecule has 0 fully saturated rings. The first kappa shape index (κ1) is 16.6. The molecule has 4 heteroatoms. The van der Waals surface area contributed by atoms with Crippen LogP contribution in [0.1, 0.15) is 34.6 Å². The Morgan fingerprint density at radius 2 is 1.53 bits per heavy atom. The van der Waals surface area contributed by atoms with Gasteiger partial charge in [-0.1, -0.05) is 20.8 Å². The van der Waals surface area contributed by atoms with Crippen molar-refractivity contribution in [2.24, 2.45) is 17.3 Å². The first-order valence-electron chi connectivity index (χ1n) is 5.98. The van der Waals surface area contributed by atoms with Crippen LogP contribution in [-0.2, 0) is 14.3 Å². The van der Waals surface area contributed by atoms with Gasteiger partial charge in [-0.05, 0) is 19.8 Å². The molecule has 2 unspecified atom stereocenters. The summed E-state index contributed by atoms with van der Waals surface area (Å²) in [6.45, 7) is 9.08. The summed E-state index contributed by atoms with van der Waals surface area (Å²) in [5.41, 5.74) is -0.779. The number of carbonyl (C=O) groups is 1. The van der Waals surface area contributed by atoms with E-state index in [9.17, 15) is 9.90 Å². The number of methoxy groups -OCH3 is 2. The van der Waals surface area contributed by atoms with Gasteiger partial charge < -0.3 is 14.6 Å². The van der Waals surface area contributed by atoms with Crippen LogP contribution in [0.3, 0.4) is 0 Å². The van der Waals surface area contributed by atoms with Crippen LogP contribution in [0, 0.1) is 17.3 Å². The summed E-state index contributed by atoms with van der Waals surface area (Å²) in [5.74, 6) is -0.432. The van der Waals surface area contributed by atoms with Gasteiger partial charge in [-0.15, -0.1) is 0 Å². The van der Waals surface area contributed by atoms with Crippen LogP contribution in [0.5, 0.6) is 0 Å². The van der Waals surface area contributed by atoms with Crippen molar-refractivity contribution >= 4 is 5.78 Å². The summed E-state index contributed by atoms with van der Waals surface area (Å²) < 4.78 is 10.3. The largest absolute Gasteiger partial charge is 0.392 e. The summed E-state index contributed by atoms with van der Waals surface area (Å²) in [7, 11) is 3.01. The molecule has 0 aromatic carbocycles. The highest BCUT2D eigenvalue weighted by Crippen LogP contribution is 2.30. The van der Waals surface area contributed by atoms with E-state index in [1.807, 2.05) is 13.8 Å². The smallest absolute Gasteiger partial charge is 0.168 e. The third kappa shape index (κ3) is 3.76. The van der Waals surface area contributed by atoms with E-state index in [0.717, 1.165) is 0 Å². The number of hydrogen-bond donors (Lipinski definition) is 1. The maximum atomic E-state index is 12.3. The molecule has 2 atom stereocenters. The second-order valence-electron chi connectivity index (χ2n) is 5.41. The zero-order valence-electron chi connectivity index (χ0n) is 12.0.